The summed E-state index contributed by atoms with van der Waals surface area (Å²) in [6, 6.07) is 9.76. The van der Waals surface area contributed by atoms with Crippen LogP contribution >= 0.6 is 0 Å². The molecule has 246 valence electrons. The Kier molecular flexibility index (Phi) is 9.24. The van der Waals surface area contributed by atoms with Crippen molar-refractivity contribution in [3.05, 3.63) is 89.0 Å². The zero-order valence-electron chi connectivity index (χ0n) is 24.8. The quantitative estimate of drug-likeness (QED) is 0.240. The summed E-state index contributed by atoms with van der Waals surface area (Å²) in [5.41, 5.74) is -0.808. The van der Waals surface area contributed by atoms with Crippen molar-refractivity contribution in [2.75, 3.05) is 23.2 Å². The van der Waals surface area contributed by atoms with Gasteiger partial charge in [-0.1, -0.05) is 12.1 Å². The number of nitrogens with one attached hydrogen (secondary N) is 3. The Morgan fingerprint density at radius 2 is 1.57 bits per heavy atom. The number of urea groups is 1. The molecule has 0 aromatic heterocycles. The van der Waals surface area contributed by atoms with Gasteiger partial charge in [-0.2, -0.15) is 0 Å². The van der Waals surface area contributed by atoms with Gasteiger partial charge < -0.3 is 20.6 Å². The number of carbonyl (C=O) groups is 5. The Labute approximate surface area is 267 Å². The summed E-state index contributed by atoms with van der Waals surface area (Å²) < 4.78 is 57.6. The molecular formula is C31H29F2N5O8S. The Hall–Kier alpha value is -5.38. The zero-order valence-corrected chi connectivity index (χ0v) is 25.6. The van der Waals surface area contributed by atoms with Crippen LogP contribution in [0.15, 0.2) is 65.6 Å². The minimum Gasteiger partial charge on any atom is -0.480 e. The maximum Gasteiger partial charge on any atom is 0.331 e. The van der Waals surface area contributed by atoms with Gasteiger partial charge in [-0.15, -0.1) is 0 Å². The Balaban J connectivity index is 1.25. The molecule has 0 radical (unpaired) electrons. The van der Waals surface area contributed by atoms with Crippen LogP contribution in [0, 0.1) is 11.6 Å². The molecule has 4 N–H and O–H groups in total. The second kappa shape index (κ2) is 13.2. The van der Waals surface area contributed by atoms with Gasteiger partial charge in [-0.05, 0) is 66.9 Å². The van der Waals surface area contributed by atoms with E-state index in [-0.39, 0.29) is 47.5 Å². The van der Waals surface area contributed by atoms with Crippen LogP contribution in [0.5, 0.6) is 0 Å². The molecule has 3 aromatic rings. The SMILES string of the molecule is CN1CCC(=O)N(c2ccc(C[C@H](NC(=O)c3c(F)cc(NS(=O)(=O)c4ccc(C(=O)NC5CC5)cc4)cc3F)C(=O)O)cc2)C1=O. The average molecular weight is 670 g/mol. The highest BCUT2D eigenvalue weighted by atomic mass is 32.2. The largest absolute Gasteiger partial charge is 0.480 e. The monoisotopic (exact) mass is 669 g/mol. The number of carboxylic acids is 1. The minimum atomic E-state index is -4.35. The molecule has 0 bridgehead atoms. The topological polar surface area (TPSA) is 182 Å². The number of imide groups is 1. The van der Waals surface area contributed by atoms with E-state index in [4.69, 9.17) is 0 Å². The van der Waals surface area contributed by atoms with E-state index >= 15 is 0 Å². The molecule has 13 nitrogen and oxygen atoms in total. The van der Waals surface area contributed by atoms with Crippen LogP contribution in [0.3, 0.4) is 0 Å². The summed E-state index contributed by atoms with van der Waals surface area (Å²) in [5.74, 6) is -6.58. The number of anilines is 2. The predicted molar refractivity (Wildman–Crippen MR) is 163 cm³/mol. The summed E-state index contributed by atoms with van der Waals surface area (Å²) >= 11 is 0. The molecule has 1 saturated carbocycles. The second-order valence-corrected chi connectivity index (χ2v) is 12.8. The van der Waals surface area contributed by atoms with Crippen molar-refractivity contribution >= 4 is 51.1 Å². The molecule has 2 aliphatic rings. The van der Waals surface area contributed by atoms with E-state index in [1.54, 1.807) is 7.05 Å². The van der Waals surface area contributed by atoms with Crippen LogP contribution < -0.4 is 20.3 Å². The van der Waals surface area contributed by atoms with Crippen LogP contribution in [-0.2, 0) is 26.0 Å². The van der Waals surface area contributed by atoms with Gasteiger partial charge in [0.2, 0.25) is 5.91 Å². The Bertz CT molecular complexity index is 1840. The van der Waals surface area contributed by atoms with E-state index < -0.39 is 62.8 Å². The molecule has 1 saturated heterocycles. The van der Waals surface area contributed by atoms with E-state index in [0.717, 1.165) is 29.9 Å². The fraction of sp³-hybridized carbons (Fsp3) is 0.258. The van der Waals surface area contributed by atoms with Crippen molar-refractivity contribution in [2.45, 2.75) is 42.7 Å². The minimum absolute atomic E-state index is 0.102. The van der Waals surface area contributed by atoms with Crippen LogP contribution in [0.1, 0.15) is 45.5 Å². The number of carbonyl (C=O) groups excluding carboxylic acids is 4. The number of hydrogen-bond donors (Lipinski definition) is 4. The third-order valence-corrected chi connectivity index (χ3v) is 8.92. The Morgan fingerprint density at radius 3 is 2.15 bits per heavy atom. The van der Waals surface area contributed by atoms with E-state index in [0.29, 0.717) is 17.7 Å². The standard InChI is InChI=1S/C31H29F2N5O8S/c1-37-13-12-26(39)38(31(37)44)21-8-2-17(3-9-21)14-25(30(42)43)35-29(41)27-23(32)15-20(16-24(27)33)36-47(45,46)22-10-4-18(5-11-22)28(40)34-19-6-7-19/h2-5,8-11,15-16,19,25,36H,6-7,12-14H2,1H3,(H,34,40)(H,35,41)(H,42,43)/t25-/m0/s1. The fourth-order valence-corrected chi connectivity index (χ4v) is 5.84. The van der Waals surface area contributed by atoms with E-state index in [1.807, 2.05) is 4.72 Å². The van der Waals surface area contributed by atoms with Gasteiger partial charge in [0.1, 0.15) is 23.2 Å². The summed E-state index contributed by atoms with van der Waals surface area (Å²) in [5, 5.41) is 14.5. The highest BCUT2D eigenvalue weighted by molar-refractivity contribution is 7.92. The lowest BCUT2D eigenvalue weighted by atomic mass is 10.0. The number of halogens is 2. The van der Waals surface area contributed by atoms with E-state index in [9.17, 15) is 46.3 Å². The van der Waals surface area contributed by atoms with Gasteiger partial charge in [0.05, 0.1) is 16.3 Å². The van der Waals surface area contributed by atoms with Gasteiger partial charge in [0.25, 0.3) is 21.8 Å². The van der Waals surface area contributed by atoms with Crippen molar-refractivity contribution in [1.29, 1.82) is 0 Å². The lowest BCUT2D eigenvalue weighted by molar-refractivity contribution is -0.139. The molecule has 0 spiro atoms. The first kappa shape index (κ1) is 33.0. The van der Waals surface area contributed by atoms with E-state index in [1.165, 1.54) is 41.3 Å². The summed E-state index contributed by atoms with van der Waals surface area (Å²) in [4.78, 5) is 63.7. The van der Waals surface area contributed by atoms with Crippen molar-refractivity contribution in [3.63, 3.8) is 0 Å². The lowest BCUT2D eigenvalue weighted by Gasteiger charge is -2.31. The summed E-state index contributed by atoms with van der Waals surface area (Å²) in [7, 11) is -2.80. The number of nitrogens with zero attached hydrogens (tertiary/aromatic N) is 2. The third-order valence-electron chi connectivity index (χ3n) is 7.53. The van der Waals surface area contributed by atoms with Crippen LogP contribution in [-0.4, -0.2) is 73.8 Å². The molecular weight excluding hydrogens is 640 g/mol. The normalized spacial score (nSPS) is 15.6. The molecule has 5 amide bonds. The van der Waals surface area contributed by atoms with Crippen LogP contribution in [0.4, 0.5) is 25.0 Å². The average Bonchev–Trinajstić information content (AvgIpc) is 3.83. The van der Waals surface area contributed by atoms with Crippen LogP contribution in [0.25, 0.3) is 0 Å². The van der Waals surface area contributed by atoms with Gasteiger partial charge in [0, 0.05) is 38.0 Å². The molecule has 0 unspecified atom stereocenters. The van der Waals surface area contributed by atoms with Gasteiger partial charge in [-0.25, -0.2) is 31.7 Å². The maximum absolute atomic E-state index is 15.0. The van der Waals surface area contributed by atoms with E-state index in [2.05, 4.69) is 10.6 Å². The first-order chi connectivity index (χ1) is 22.2. The Morgan fingerprint density at radius 1 is 0.957 bits per heavy atom. The number of amides is 5. The smallest absolute Gasteiger partial charge is 0.331 e. The molecule has 2 fully saturated rings. The van der Waals surface area contributed by atoms with Crippen molar-refractivity contribution in [2.24, 2.45) is 0 Å². The molecule has 1 atom stereocenters. The first-order valence-corrected chi connectivity index (χ1v) is 15.9. The predicted octanol–water partition coefficient (Wildman–Crippen LogP) is 2.87. The number of benzene rings is 3. The number of hydrogen-bond acceptors (Lipinski definition) is 7. The molecule has 1 heterocycles. The first-order valence-electron chi connectivity index (χ1n) is 14.4. The number of sulfonamides is 1. The molecule has 5 rings (SSSR count). The van der Waals surface area contributed by atoms with Crippen molar-refractivity contribution < 1.29 is 46.3 Å². The highest BCUT2D eigenvalue weighted by Gasteiger charge is 2.32. The number of rotatable bonds is 11. The molecule has 1 aliphatic carbocycles. The summed E-state index contributed by atoms with van der Waals surface area (Å²) in [6.07, 6.45) is 1.56. The van der Waals surface area contributed by atoms with Crippen LogP contribution in [0.2, 0.25) is 0 Å². The molecule has 16 heteroatoms. The highest BCUT2D eigenvalue weighted by Crippen LogP contribution is 2.25. The number of aliphatic carboxylic acids is 1. The molecule has 3 aromatic carbocycles. The van der Waals surface area contributed by atoms with Crippen molar-refractivity contribution in [1.82, 2.24) is 15.5 Å². The maximum atomic E-state index is 15.0. The lowest BCUT2D eigenvalue weighted by Crippen LogP contribution is -2.50. The zero-order chi connectivity index (χ0) is 34.0. The third kappa shape index (κ3) is 7.54. The van der Waals surface area contributed by atoms with Gasteiger partial charge in [0.15, 0.2) is 0 Å². The molecule has 1 aliphatic heterocycles. The summed E-state index contributed by atoms with van der Waals surface area (Å²) in [6.45, 7) is 0.280. The fourth-order valence-electron chi connectivity index (χ4n) is 4.79. The molecule has 47 heavy (non-hydrogen) atoms. The van der Waals surface area contributed by atoms with Gasteiger partial charge in [-0.3, -0.25) is 19.1 Å². The van der Waals surface area contributed by atoms with Gasteiger partial charge >= 0.3 is 12.0 Å². The van der Waals surface area contributed by atoms with Crippen molar-refractivity contribution in [3.8, 4) is 0 Å². The second-order valence-electron chi connectivity index (χ2n) is 11.1. The number of carboxylic acid groups (broad SMARTS) is 1.